The van der Waals surface area contributed by atoms with Gasteiger partial charge < -0.3 is 4.90 Å². The van der Waals surface area contributed by atoms with E-state index < -0.39 is 0 Å². The number of rotatable bonds is 5. The number of aryl methyl sites for hydroxylation is 1. The zero-order valence-electron chi connectivity index (χ0n) is 18.3. The molecule has 0 N–H and O–H groups in total. The van der Waals surface area contributed by atoms with Crippen LogP contribution in [0, 0.1) is 17.8 Å². The summed E-state index contributed by atoms with van der Waals surface area (Å²) in [7, 11) is 0. The highest BCUT2D eigenvalue weighted by atomic mass is 15.2. The molecular weight excluding hydrogens is 350 g/mol. The van der Waals surface area contributed by atoms with Crippen molar-refractivity contribution in [2.24, 2.45) is 5.92 Å². The third-order valence-corrected chi connectivity index (χ3v) is 5.86. The van der Waals surface area contributed by atoms with Gasteiger partial charge >= 0.3 is 0 Å². The second-order valence-electron chi connectivity index (χ2n) is 7.58. The van der Waals surface area contributed by atoms with Crippen LogP contribution < -0.4 is 4.90 Å². The molecule has 1 aliphatic carbocycles. The van der Waals surface area contributed by atoms with Crippen LogP contribution in [0.15, 0.2) is 83.1 Å². The molecule has 1 atom stereocenters. The minimum Gasteiger partial charge on any atom is -0.336 e. The van der Waals surface area contributed by atoms with Crippen molar-refractivity contribution in [3.05, 3.63) is 88.7 Å². The zero-order valence-corrected chi connectivity index (χ0v) is 18.3. The Morgan fingerprint density at radius 3 is 2.72 bits per heavy atom. The van der Waals surface area contributed by atoms with Crippen LogP contribution in [0.1, 0.15) is 52.5 Å². The second kappa shape index (κ2) is 10.2. The summed E-state index contributed by atoms with van der Waals surface area (Å²) in [4.78, 5) is 2.49. The van der Waals surface area contributed by atoms with Gasteiger partial charge in [0.25, 0.3) is 0 Å². The molecule has 1 aromatic carbocycles. The van der Waals surface area contributed by atoms with Crippen LogP contribution in [-0.4, -0.2) is 6.54 Å². The summed E-state index contributed by atoms with van der Waals surface area (Å²) >= 11 is 0. The largest absolute Gasteiger partial charge is 0.336 e. The Hall–Kier alpha value is -2.72. The molecule has 1 heteroatoms. The first-order chi connectivity index (χ1) is 14.2. The van der Waals surface area contributed by atoms with Gasteiger partial charge in [-0.3, -0.25) is 0 Å². The van der Waals surface area contributed by atoms with E-state index in [4.69, 9.17) is 0 Å². The summed E-state index contributed by atoms with van der Waals surface area (Å²) in [5.41, 5.74) is 8.19. The van der Waals surface area contributed by atoms with Gasteiger partial charge in [-0.1, -0.05) is 68.3 Å². The summed E-state index contributed by atoms with van der Waals surface area (Å²) in [5, 5.41) is 0. The predicted octanol–water partition coefficient (Wildman–Crippen LogP) is 7.15. The standard InChI is InChI=1S/C28H33N/c1-5-9-11-16-23-17-14-18-25-24(8-4)28(19-10-6-2)29(21-26(23)25)27-20-13-12-15-22(27)7-3/h8-9,11-15,18-20,23H,5,7,16-17,21H2,1-4H3/b11-9?,24-8-,28-19?. The first-order valence-corrected chi connectivity index (χ1v) is 10.9. The van der Waals surface area contributed by atoms with Crippen LogP contribution in [0.5, 0.6) is 0 Å². The van der Waals surface area contributed by atoms with E-state index in [-0.39, 0.29) is 0 Å². The first kappa shape index (κ1) is 21.0. The summed E-state index contributed by atoms with van der Waals surface area (Å²) in [6.07, 6.45) is 18.1. The lowest BCUT2D eigenvalue weighted by Crippen LogP contribution is -2.35. The molecular formula is C28H33N. The monoisotopic (exact) mass is 383 g/mol. The van der Waals surface area contributed by atoms with Crippen LogP contribution in [0.4, 0.5) is 5.69 Å². The Bertz CT molecular complexity index is 940. The normalized spacial score (nSPS) is 21.7. The number of anilines is 1. The lowest BCUT2D eigenvalue weighted by molar-refractivity contribution is 0.597. The quantitative estimate of drug-likeness (QED) is 0.385. The smallest absolute Gasteiger partial charge is 0.0574 e. The predicted molar refractivity (Wildman–Crippen MR) is 127 cm³/mol. The maximum absolute atomic E-state index is 3.22. The Balaban J connectivity index is 2.13. The molecule has 2 aliphatic rings. The first-order valence-electron chi connectivity index (χ1n) is 10.9. The molecule has 29 heavy (non-hydrogen) atoms. The van der Waals surface area contributed by atoms with Crippen LogP contribution >= 0.6 is 0 Å². The summed E-state index contributed by atoms with van der Waals surface area (Å²) in [6, 6.07) is 8.80. The number of hydrogen-bond donors (Lipinski definition) is 0. The van der Waals surface area contributed by atoms with Crippen LogP contribution in [0.3, 0.4) is 0 Å². The molecule has 0 saturated carbocycles. The van der Waals surface area contributed by atoms with E-state index in [2.05, 4.69) is 98.2 Å². The molecule has 0 amide bonds. The maximum Gasteiger partial charge on any atom is 0.0574 e. The van der Waals surface area contributed by atoms with E-state index in [1.165, 1.54) is 28.1 Å². The number of nitrogens with zero attached hydrogens (tertiary/aromatic N) is 1. The summed E-state index contributed by atoms with van der Waals surface area (Å²) in [5.74, 6) is 6.84. The minimum atomic E-state index is 0.572. The average Bonchev–Trinajstić information content (AvgIpc) is 2.77. The van der Waals surface area contributed by atoms with Gasteiger partial charge in [0.2, 0.25) is 0 Å². The van der Waals surface area contributed by atoms with Gasteiger partial charge in [0.15, 0.2) is 0 Å². The van der Waals surface area contributed by atoms with Crippen molar-refractivity contribution in [3.63, 3.8) is 0 Å². The molecule has 1 unspecified atom stereocenters. The molecule has 0 bridgehead atoms. The summed E-state index contributed by atoms with van der Waals surface area (Å²) in [6.45, 7) is 9.43. The topological polar surface area (TPSA) is 3.24 Å². The van der Waals surface area contributed by atoms with Crippen molar-refractivity contribution in [3.8, 4) is 11.8 Å². The van der Waals surface area contributed by atoms with E-state index in [1.807, 2.05) is 6.92 Å². The molecule has 1 heterocycles. The van der Waals surface area contributed by atoms with E-state index in [9.17, 15) is 0 Å². The third kappa shape index (κ3) is 4.48. The van der Waals surface area contributed by atoms with Crippen molar-refractivity contribution in [1.82, 2.24) is 0 Å². The Morgan fingerprint density at radius 2 is 2.00 bits per heavy atom. The summed E-state index contributed by atoms with van der Waals surface area (Å²) < 4.78 is 0. The van der Waals surface area contributed by atoms with Crippen LogP contribution in [-0.2, 0) is 6.42 Å². The molecule has 0 radical (unpaired) electrons. The molecule has 150 valence electrons. The van der Waals surface area contributed by atoms with Gasteiger partial charge in [-0.15, -0.1) is 5.92 Å². The minimum absolute atomic E-state index is 0.572. The highest BCUT2D eigenvalue weighted by molar-refractivity contribution is 5.71. The van der Waals surface area contributed by atoms with Crippen molar-refractivity contribution in [1.29, 1.82) is 0 Å². The number of hydrogen-bond acceptors (Lipinski definition) is 1. The Kier molecular flexibility index (Phi) is 7.36. The lowest BCUT2D eigenvalue weighted by atomic mass is 9.78. The van der Waals surface area contributed by atoms with Gasteiger partial charge in [0.05, 0.1) is 5.70 Å². The third-order valence-electron chi connectivity index (χ3n) is 5.86. The van der Waals surface area contributed by atoms with E-state index in [0.29, 0.717) is 5.92 Å². The van der Waals surface area contributed by atoms with Gasteiger partial charge in [-0.2, -0.15) is 0 Å². The Morgan fingerprint density at radius 1 is 1.17 bits per heavy atom. The number of allylic oxidation sites excluding steroid dienone is 7. The van der Waals surface area contributed by atoms with Crippen molar-refractivity contribution < 1.29 is 0 Å². The fourth-order valence-corrected chi connectivity index (χ4v) is 4.39. The molecule has 3 rings (SSSR count). The molecule has 1 aromatic rings. The highest BCUT2D eigenvalue weighted by Gasteiger charge is 2.31. The fourth-order valence-electron chi connectivity index (χ4n) is 4.39. The molecule has 0 aromatic heterocycles. The molecule has 0 saturated heterocycles. The second-order valence-corrected chi connectivity index (χ2v) is 7.58. The molecule has 1 nitrogen and oxygen atoms in total. The van der Waals surface area contributed by atoms with Crippen LogP contribution in [0.25, 0.3) is 0 Å². The molecule has 1 aliphatic heterocycles. The Labute approximate surface area is 177 Å². The maximum atomic E-state index is 3.22. The zero-order chi connectivity index (χ0) is 20.6. The van der Waals surface area contributed by atoms with Gasteiger partial charge in [0, 0.05) is 23.9 Å². The highest BCUT2D eigenvalue weighted by Crippen LogP contribution is 2.42. The number of benzene rings is 1. The van der Waals surface area contributed by atoms with E-state index in [0.717, 1.165) is 32.2 Å². The van der Waals surface area contributed by atoms with E-state index >= 15 is 0 Å². The fraction of sp³-hybridized carbons (Fsp3) is 0.357. The lowest BCUT2D eigenvalue weighted by Gasteiger charge is -2.40. The van der Waals surface area contributed by atoms with Gasteiger partial charge in [0.1, 0.15) is 0 Å². The van der Waals surface area contributed by atoms with Crippen molar-refractivity contribution in [2.75, 3.05) is 11.4 Å². The molecule has 0 spiro atoms. The van der Waals surface area contributed by atoms with E-state index in [1.54, 1.807) is 5.57 Å². The van der Waals surface area contributed by atoms with Crippen molar-refractivity contribution in [2.45, 2.75) is 53.4 Å². The SMILES string of the molecule is CC#CC=C1/C(=C\C)C2=C(CN1c1ccccc1CC)C(CC=CCC)CC=C2. The van der Waals surface area contributed by atoms with Gasteiger partial charge in [-0.05, 0) is 68.2 Å². The van der Waals surface area contributed by atoms with Gasteiger partial charge in [-0.25, -0.2) is 0 Å². The van der Waals surface area contributed by atoms with Crippen molar-refractivity contribution >= 4 is 5.69 Å². The van der Waals surface area contributed by atoms with Crippen LogP contribution in [0.2, 0.25) is 0 Å². The molecule has 0 fully saturated rings. The average molecular weight is 384 g/mol. The number of para-hydroxylation sites is 1.